The van der Waals surface area contributed by atoms with Crippen LogP contribution in [-0.2, 0) is 27.7 Å². The van der Waals surface area contributed by atoms with E-state index in [9.17, 15) is 13.2 Å². The smallest absolute Gasteiger partial charge is 0.246 e. The molecule has 142 valence electrons. The maximum atomic E-state index is 13.0. The molecule has 5 nitrogen and oxygen atoms in total. The molecule has 7 heteroatoms. The molecule has 4 rings (SSSR count). The Balaban J connectivity index is 1.40. The molecule has 1 amide bonds. The second-order valence-electron chi connectivity index (χ2n) is 6.86. The highest BCUT2D eigenvalue weighted by atomic mass is 32.2. The third kappa shape index (κ3) is 3.85. The number of amides is 1. The van der Waals surface area contributed by atoms with Crippen LogP contribution in [-0.4, -0.2) is 49.7 Å². The lowest BCUT2D eigenvalue weighted by Gasteiger charge is -2.33. The molecule has 27 heavy (non-hydrogen) atoms. The summed E-state index contributed by atoms with van der Waals surface area (Å²) in [6.45, 7) is 1.49. The third-order valence-corrected chi connectivity index (χ3v) is 7.92. The normalized spacial score (nSPS) is 18.1. The van der Waals surface area contributed by atoms with Gasteiger partial charge in [0.05, 0.1) is 4.90 Å². The first-order chi connectivity index (χ1) is 13.0. The minimum atomic E-state index is -3.50. The highest BCUT2D eigenvalue weighted by Gasteiger charge is 2.30. The number of nitrogens with zero attached hydrogens (tertiary/aromatic N) is 2. The van der Waals surface area contributed by atoms with Gasteiger partial charge in [-0.25, -0.2) is 8.42 Å². The fourth-order valence-electron chi connectivity index (χ4n) is 3.65. The van der Waals surface area contributed by atoms with Crippen molar-refractivity contribution in [2.45, 2.75) is 24.2 Å². The summed E-state index contributed by atoms with van der Waals surface area (Å²) in [5.41, 5.74) is 2.42. The minimum Gasteiger partial charge on any atom is -0.337 e. The predicted octanol–water partition coefficient (Wildman–Crippen LogP) is 2.78. The lowest BCUT2D eigenvalue weighted by atomic mass is 10.1. The molecule has 1 aliphatic heterocycles. The largest absolute Gasteiger partial charge is 0.337 e. The van der Waals surface area contributed by atoms with Crippen LogP contribution in [0.3, 0.4) is 0 Å². The Morgan fingerprint density at radius 1 is 1.04 bits per heavy atom. The van der Waals surface area contributed by atoms with E-state index >= 15 is 0 Å². The van der Waals surface area contributed by atoms with Crippen LogP contribution >= 0.6 is 11.3 Å². The van der Waals surface area contributed by atoms with Gasteiger partial charge in [-0.2, -0.15) is 4.31 Å². The van der Waals surface area contributed by atoms with Gasteiger partial charge >= 0.3 is 0 Å². The quantitative estimate of drug-likeness (QED) is 0.739. The molecule has 0 N–H and O–H groups in total. The summed E-state index contributed by atoms with van der Waals surface area (Å²) in [5, 5.41) is 1.97. The summed E-state index contributed by atoms with van der Waals surface area (Å²) in [7, 11) is -3.50. The van der Waals surface area contributed by atoms with Crippen molar-refractivity contribution in [1.29, 1.82) is 0 Å². The van der Waals surface area contributed by atoms with Gasteiger partial charge in [0.15, 0.2) is 0 Å². The summed E-state index contributed by atoms with van der Waals surface area (Å²) in [6, 6.07) is 9.40. The van der Waals surface area contributed by atoms with E-state index in [1.165, 1.54) is 9.87 Å². The maximum Gasteiger partial charge on any atom is 0.246 e. The van der Waals surface area contributed by atoms with Crippen LogP contribution in [0.15, 0.2) is 46.7 Å². The van der Waals surface area contributed by atoms with Crippen LogP contribution < -0.4 is 0 Å². The second-order valence-corrected chi connectivity index (χ2v) is 9.78. The Bertz CT molecular complexity index is 957. The Morgan fingerprint density at radius 2 is 1.81 bits per heavy atom. The first-order valence-corrected chi connectivity index (χ1v) is 11.5. The molecule has 2 aliphatic rings. The number of rotatable bonds is 4. The number of thiophene rings is 1. The Morgan fingerprint density at radius 3 is 2.56 bits per heavy atom. The van der Waals surface area contributed by atoms with Gasteiger partial charge in [0, 0.05) is 37.1 Å². The molecule has 1 aliphatic carbocycles. The first kappa shape index (κ1) is 18.4. The van der Waals surface area contributed by atoms with E-state index in [0.29, 0.717) is 31.1 Å². The van der Waals surface area contributed by atoms with Gasteiger partial charge in [0.2, 0.25) is 15.9 Å². The number of sulfonamides is 1. The highest BCUT2D eigenvalue weighted by molar-refractivity contribution is 7.89. The SMILES string of the molecule is O=C(/C=C/c1cccs1)N1CCN(S(=O)(=O)c2ccc3c(c2)CCC3)CC1. The molecular formula is C20H22N2O3S2. The summed E-state index contributed by atoms with van der Waals surface area (Å²) in [4.78, 5) is 15.4. The average molecular weight is 403 g/mol. The zero-order valence-corrected chi connectivity index (χ0v) is 16.6. The van der Waals surface area contributed by atoms with Gasteiger partial charge in [0.1, 0.15) is 0 Å². The standard InChI is InChI=1S/C20H22N2O3S2/c23-20(9-7-18-5-2-14-26-18)21-10-12-22(13-11-21)27(24,25)19-8-6-16-3-1-4-17(16)15-19/h2,5-9,14-15H,1,3-4,10-13H2/b9-7+. The van der Waals surface area contributed by atoms with Crippen LogP contribution in [0.4, 0.5) is 0 Å². The maximum absolute atomic E-state index is 13.0. The van der Waals surface area contributed by atoms with Crippen LogP contribution in [0.1, 0.15) is 22.4 Å². The van der Waals surface area contributed by atoms with Gasteiger partial charge < -0.3 is 4.90 Å². The third-order valence-electron chi connectivity index (χ3n) is 5.19. The van der Waals surface area contributed by atoms with Crippen molar-refractivity contribution in [1.82, 2.24) is 9.21 Å². The van der Waals surface area contributed by atoms with Crippen molar-refractivity contribution in [3.63, 3.8) is 0 Å². The van der Waals surface area contributed by atoms with E-state index in [4.69, 9.17) is 0 Å². The van der Waals surface area contributed by atoms with E-state index in [2.05, 4.69) is 0 Å². The number of hydrogen-bond donors (Lipinski definition) is 0. The number of carbonyl (C=O) groups is 1. The van der Waals surface area contributed by atoms with Gasteiger partial charge in [-0.15, -0.1) is 11.3 Å². The van der Waals surface area contributed by atoms with Crippen LogP contribution in [0.2, 0.25) is 0 Å². The van der Waals surface area contributed by atoms with Crippen molar-refractivity contribution < 1.29 is 13.2 Å². The molecule has 1 aromatic heterocycles. The molecule has 2 heterocycles. The summed E-state index contributed by atoms with van der Waals surface area (Å²) >= 11 is 1.58. The number of piperazine rings is 1. The van der Waals surface area contributed by atoms with Crippen molar-refractivity contribution in [3.05, 3.63) is 57.8 Å². The number of hydrogen-bond acceptors (Lipinski definition) is 4. The van der Waals surface area contributed by atoms with Crippen LogP contribution in [0.5, 0.6) is 0 Å². The van der Waals surface area contributed by atoms with E-state index in [0.717, 1.165) is 29.7 Å². The first-order valence-electron chi connectivity index (χ1n) is 9.16. The molecule has 2 aromatic rings. The van der Waals surface area contributed by atoms with E-state index < -0.39 is 10.0 Å². The minimum absolute atomic E-state index is 0.0713. The zero-order valence-electron chi connectivity index (χ0n) is 15.0. The zero-order chi connectivity index (χ0) is 18.9. The van der Waals surface area contributed by atoms with Crippen LogP contribution in [0, 0.1) is 0 Å². The van der Waals surface area contributed by atoms with Gasteiger partial charge in [0.25, 0.3) is 0 Å². The lowest BCUT2D eigenvalue weighted by Crippen LogP contribution is -2.50. The van der Waals surface area contributed by atoms with E-state index in [-0.39, 0.29) is 5.91 Å². The molecule has 0 spiro atoms. The van der Waals surface area contributed by atoms with Crippen LogP contribution in [0.25, 0.3) is 6.08 Å². The number of benzene rings is 1. The molecule has 0 atom stereocenters. The van der Waals surface area contributed by atoms with Gasteiger partial charge in [-0.05, 0) is 60.0 Å². The number of fused-ring (bicyclic) bond motifs is 1. The van der Waals surface area contributed by atoms with Gasteiger partial charge in [-0.3, -0.25) is 4.79 Å². The summed E-state index contributed by atoms with van der Waals surface area (Å²) < 4.78 is 27.4. The number of carbonyl (C=O) groups excluding carboxylic acids is 1. The topological polar surface area (TPSA) is 57.7 Å². The monoisotopic (exact) mass is 402 g/mol. The van der Waals surface area contributed by atoms with Gasteiger partial charge in [-0.1, -0.05) is 12.1 Å². The van der Waals surface area contributed by atoms with E-state index in [1.807, 2.05) is 29.6 Å². The van der Waals surface area contributed by atoms with Crippen molar-refractivity contribution >= 4 is 33.3 Å². The molecule has 1 saturated heterocycles. The Labute approximate surface area is 164 Å². The van der Waals surface area contributed by atoms with Crippen molar-refractivity contribution in [2.24, 2.45) is 0 Å². The fraction of sp³-hybridized carbons (Fsp3) is 0.350. The second kappa shape index (κ2) is 7.58. The summed E-state index contributed by atoms with van der Waals surface area (Å²) in [6.07, 6.45) is 6.46. The average Bonchev–Trinajstić information content (AvgIpc) is 3.37. The molecule has 0 radical (unpaired) electrons. The number of aryl methyl sites for hydroxylation is 2. The molecule has 0 saturated carbocycles. The molecule has 1 aromatic carbocycles. The Hall–Kier alpha value is -1.96. The lowest BCUT2D eigenvalue weighted by molar-refractivity contribution is -0.127. The van der Waals surface area contributed by atoms with Crippen molar-refractivity contribution in [2.75, 3.05) is 26.2 Å². The molecule has 0 bridgehead atoms. The Kier molecular flexibility index (Phi) is 5.16. The molecule has 0 unspecified atom stereocenters. The summed E-state index contributed by atoms with van der Waals surface area (Å²) in [5.74, 6) is -0.0713. The fourth-order valence-corrected chi connectivity index (χ4v) is 5.74. The molecular weight excluding hydrogens is 380 g/mol. The highest BCUT2D eigenvalue weighted by Crippen LogP contribution is 2.26. The van der Waals surface area contributed by atoms with E-state index in [1.54, 1.807) is 34.5 Å². The predicted molar refractivity (Wildman–Crippen MR) is 107 cm³/mol. The molecule has 1 fully saturated rings. The van der Waals surface area contributed by atoms with Crippen molar-refractivity contribution in [3.8, 4) is 0 Å².